The minimum absolute atomic E-state index is 0.123. The van der Waals surface area contributed by atoms with Gasteiger partial charge in [0.25, 0.3) is 0 Å². The van der Waals surface area contributed by atoms with Crippen molar-refractivity contribution in [2.45, 2.75) is 51.4 Å². The molecule has 4 heteroatoms. The second-order valence-electron chi connectivity index (χ2n) is 7.20. The third kappa shape index (κ3) is 3.65. The van der Waals surface area contributed by atoms with Gasteiger partial charge in [-0.3, -0.25) is 0 Å². The monoisotopic (exact) mass is 388 g/mol. The van der Waals surface area contributed by atoms with E-state index in [1.807, 2.05) is 13.8 Å². The van der Waals surface area contributed by atoms with Gasteiger partial charge in [0.15, 0.2) is 0 Å². The van der Waals surface area contributed by atoms with Crippen LogP contribution < -0.4 is 0 Å². The standard InChI is InChI=1S/C24H24F4/c1-3-5-17-7-11-19(12-8-17)21-15-16-22(24(27,28)23(21,25)26)20-13-9-18(6-4-2)10-14-20/h7-16H,3-6H2,1-2H3. The molecule has 148 valence electrons. The average molecular weight is 388 g/mol. The van der Waals surface area contributed by atoms with E-state index in [1.54, 1.807) is 24.3 Å². The van der Waals surface area contributed by atoms with Gasteiger partial charge in [0.05, 0.1) is 0 Å². The second kappa shape index (κ2) is 7.94. The van der Waals surface area contributed by atoms with Gasteiger partial charge in [-0.1, -0.05) is 87.4 Å². The van der Waals surface area contributed by atoms with Crippen LogP contribution in [0.5, 0.6) is 0 Å². The highest BCUT2D eigenvalue weighted by molar-refractivity contribution is 5.86. The maximum absolute atomic E-state index is 14.9. The van der Waals surface area contributed by atoms with E-state index in [1.165, 1.54) is 24.3 Å². The fourth-order valence-electron chi connectivity index (χ4n) is 3.55. The van der Waals surface area contributed by atoms with E-state index in [2.05, 4.69) is 0 Å². The molecule has 2 aromatic rings. The molecule has 0 unspecified atom stereocenters. The number of rotatable bonds is 6. The highest BCUT2D eigenvalue weighted by Gasteiger charge is 2.62. The zero-order chi connectivity index (χ0) is 20.4. The van der Waals surface area contributed by atoms with Crippen molar-refractivity contribution in [3.8, 4) is 0 Å². The summed E-state index contributed by atoms with van der Waals surface area (Å²) >= 11 is 0. The lowest BCUT2D eigenvalue weighted by Gasteiger charge is -2.33. The van der Waals surface area contributed by atoms with Crippen LogP contribution in [-0.2, 0) is 12.8 Å². The maximum atomic E-state index is 14.9. The van der Waals surface area contributed by atoms with Crippen molar-refractivity contribution in [1.29, 1.82) is 0 Å². The number of hydrogen-bond donors (Lipinski definition) is 0. The molecule has 0 fully saturated rings. The first-order valence-electron chi connectivity index (χ1n) is 9.68. The summed E-state index contributed by atoms with van der Waals surface area (Å²) in [5, 5.41) is 0. The van der Waals surface area contributed by atoms with E-state index in [9.17, 15) is 17.6 Å². The number of hydrogen-bond acceptors (Lipinski definition) is 0. The Morgan fingerprint density at radius 1 is 0.571 bits per heavy atom. The van der Waals surface area contributed by atoms with Crippen molar-refractivity contribution >= 4 is 11.1 Å². The Bertz CT molecular complexity index is 796. The predicted molar refractivity (Wildman–Crippen MR) is 107 cm³/mol. The second-order valence-corrected chi connectivity index (χ2v) is 7.20. The Balaban J connectivity index is 2.00. The minimum atomic E-state index is -4.29. The minimum Gasteiger partial charge on any atom is -0.194 e. The molecule has 0 nitrogen and oxygen atoms in total. The number of alkyl halides is 4. The summed E-state index contributed by atoms with van der Waals surface area (Å²) in [6, 6.07) is 12.9. The molecule has 0 atom stereocenters. The molecule has 1 aliphatic carbocycles. The van der Waals surface area contributed by atoms with Gasteiger partial charge in [-0.05, 0) is 35.1 Å². The quantitative estimate of drug-likeness (QED) is 0.454. The molecule has 0 aliphatic heterocycles. The SMILES string of the molecule is CCCc1ccc(C2=CC=C(c3ccc(CCC)cc3)C(F)(F)C2(F)F)cc1. The number of halogens is 4. The Hall–Kier alpha value is -2.36. The summed E-state index contributed by atoms with van der Waals surface area (Å²) < 4.78 is 59.4. The smallest absolute Gasteiger partial charge is 0.194 e. The van der Waals surface area contributed by atoms with Crippen molar-refractivity contribution in [3.63, 3.8) is 0 Å². The van der Waals surface area contributed by atoms with Crippen LogP contribution in [0.15, 0.2) is 60.7 Å². The normalized spacial score (nSPS) is 17.8. The van der Waals surface area contributed by atoms with Gasteiger partial charge < -0.3 is 0 Å². The highest BCUT2D eigenvalue weighted by atomic mass is 19.3. The van der Waals surface area contributed by atoms with Crippen LogP contribution in [-0.4, -0.2) is 11.8 Å². The van der Waals surface area contributed by atoms with E-state index in [4.69, 9.17) is 0 Å². The third-order valence-corrected chi connectivity index (χ3v) is 5.09. The van der Waals surface area contributed by atoms with E-state index in [-0.39, 0.29) is 11.1 Å². The number of benzene rings is 2. The fraction of sp³-hybridized carbons (Fsp3) is 0.333. The first-order chi connectivity index (χ1) is 13.3. The highest BCUT2D eigenvalue weighted by Crippen LogP contribution is 2.53. The van der Waals surface area contributed by atoms with E-state index < -0.39 is 23.0 Å². The topological polar surface area (TPSA) is 0 Å². The van der Waals surface area contributed by atoms with Crippen molar-refractivity contribution in [1.82, 2.24) is 0 Å². The molecular weight excluding hydrogens is 364 g/mol. The largest absolute Gasteiger partial charge is 0.340 e. The van der Waals surface area contributed by atoms with Gasteiger partial charge in [0, 0.05) is 11.1 Å². The van der Waals surface area contributed by atoms with Crippen LogP contribution in [0.25, 0.3) is 11.1 Å². The Morgan fingerprint density at radius 3 is 1.18 bits per heavy atom. The van der Waals surface area contributed by atoms with Gasteiger partial charge in [-0.25, -0.2) is 0 Å². The molecule has 28 heavy (non-hydrogen) atoms. The molecule has 1 aliphatic rings. The van der Waals surface area contributed by atoms with Gasteiger partial charge in [0.1, 0.15) is 0 Å². The summed E-state index contributed by atoms with van der Waals surface area (Å²) in [5.41, 5.74) is 0.956. The Labute approximate surface area is 163 Å². The van der Waals surface area contributed by atoms with Crippen LogP contribution in [0.1, 0.15) is 48.9 Å². The van der Waals surface area contributed by atoms with Gasteiger partial charge in [-0.15, -0.1) is 0 Å². The summed E-state index contributed by atoms with van der Waals surface area (Å²) in [6.45, 7) is 4.04. The molecule has 0 radical (unpaired) electrons. The lowest BCUT2D eigenvalue weighted by molar-refractivity contribution is -0.133. The maximum Gasteiger partial charge on any atom is 0.340 e. The van der Waals surface area contributed by atoms with Crippen LogP contribution in [0.2, 0.25) is 0 Å². The fourth-order valence-corrected chi connectivity index (χ4v) is 3.55. The van der Waals surface area contributed by atoms with Gasteiger partial charge in [0.2, 0.25) is 0 Å². The van der Waals surface area contributed by atoms with Crippen LogP contribution in [0.4, 0.5) is 17.6 Å². The molecular formula is C24H24F4. The predicted octanol–water partition coefficient (Wildman–Crippen LogP) is 7.34. The molecule has 0 spiro atoms. The lowest BCUT2D eigenvalue weighted by atomic mass is 9.83. The van der Waals surface area contributed by atoms with E-state index in [0.717, 1.165) is 49.0 Å². The first-order valence-corrected chi connectivity index (χ1v) is 9.68. The van der Waals surface area contributed by atoms with Crippen molar-refractivity contribution < 1.29 is 17.6 Å². The van der Waals surface area contributed by atoms with Crippen LogP contribution >= 0.6 is 0 Å². The average Bonchev–Trinajstić information content (AvgIpc) is 2.66. The van der Waals surface area contributed by atoms with Crippen molar-refractivity contribution in [2.75, 3.05) is 0 Å². The first kappa shape index (κ1) is 20.4. The van der Waals surface area contributed by atoms with E-state index in [0.29, 0.717) is 0 Å². The molecule has 0 amide bonds. The summed E-state index contributed by atoms with van der Waals surface area (Å²) in [5.74, 6) is -8.57. The summed E-state index contributed by atoms with van der Waals surface area (Å²) in [7, 11) is 0. The summed E-state index contributed by atoms with van der Waals surface area (Å²) in [6.07, 6.45) is 5.76. The molecule has 3 rings (SSSR count). The van der Waals surface area contributed by atoms with Crippen molar-refractivity contribution in [3.05, 3.63) is 82.9 Å². The molecule has 2 aromatic carbocycles. The molecule has 0 saturated heterocycles. The number of aryl methyl sites for hydroxylation is 2. The zero-order valence-corrected chi connectivity index (χ0v) is 16.1. The van der Waals surface area contributed by atoms with Gasteiger partial charge in [-0.2, -0.15) is 17.6 Å². The van der Waals surface area contributed by atoms with E-state index >= 15 is 0 Å². The Kier molecular flexibility index (Phi) is 5.78. The lowest BCUT2D eigenvalue weighted by Crippen LogP contribution is -2.44. The molecule has 0 heterocycles. The van der Waals surface area contributed by atoms with Crippen LogP contribution in [0.3, 0.4) is 0 Å². The molecule has 0 saturated carbocycles. The van der Waals surface area contributed by atoms with Crippen molar-refractivity contribution in [2.24, 2.45) is 0 Å². The molecule has 0 bridgehead atoms. The summed E-state index contributed by atoms with van der Waals surface area (Å²) in [4.78, 5) is 0. The molecule has 0 N–H and O–H groups in total. The van der Waals surface area contributed by atoms with Gasteiger partial charge >= 0.3 is 11.8 Å². The Morgan fingerprint density at radius 2 is 0.893 bits per heavy atom. The third-order valence-electron chi connectivity index (χ3n) is 5.09. The molecule has 0 aromatic heterocycles. The number of allylic oxidation sites excluding steroid dienone is 4. The zero-order valence-electron chi connectivity index (χ0n) is 16.1. The van der Waals surface area contributed by atoms with Crippen LogP contribution in [0, 0.1) is 0 Å².